The number of fused-ring (bicyclic) bond motifs is 1. The third kappa shape index (κ3) is 2.95. The normalized spacial score (nSPS) is 22.1. The summed E-state index contributed by atoms with van der Waals surface area (Å²) in [4.78, 5) is 0. The van der Waals surface area contributed by atoms with E-state index in [0.29, 0.717) is 0 Å². The highest BCUT2D eigenvalue weighted by atomic mass is 35.5. The summed E-state index contributed by atoms with van der Waals surface area (Å²) in [6, 6.07) is 5.01. The van der Waals surface area contributed by atoms with Crippen LogP contribution in [0.1, 0.15) is 40.0 Å². The molecule has 0 unspecified atom stereocenters. The Labute approximate surface area is 116 Å². The van der Waals surface area contributed by atoms with Crippen molar-refractivity contribution in [2.24, 2.45) is 0 Å². The molecular formula is C14H20ClNO. The zero-order valence-corrected chi connectivity index (χ0v) is 10.9. The van der Waals surface area contributed by atoms with Crippen LogP contribution in [-0.4, -0.2) is 12.1 Å². The van der Waals surface area contributed by atoms with Crippen molar-refractivity contribution in [3.8, 4) is 5.75 Å². The Morgan fingerprint density at radius 3 is 2.94 bits per heavy atom. The summed E-state index contributed by atoms with van der Waals surface area (Å²) in [7, 11) is 0. The Bertz CT molecular complexity index is 595. The van der Waals surface area contributed by atoms with Crippen LogP contribution < -0.4 is 10.1 Å². The van der Waals surface area contributed by atoms with Crippen LogP contribution in [0.25, 0.3) is 5.57 Å². The Morgan fingerprint density at radius 2 is 2.24 bits per heavy atom. The Morgan fingerprint density at radius 1 is 1.47 bits per heavy atom. The van der Waals surface area contributed by atoms with Gasteiger partial charge in [0.25, 0.3) is 0 Å². The Kier molecular flexibility index (Phi) is 2.37. The van der Waals surface area contributed by atoms with Crippen molar-refractivity contribution < 1.29 is 11.6 Å². The maximum absolute atomic E-state index is 7.52. The molecule has 1 heterocycles. The number of hydrogen-bond acceptors (Lipinski definition) is 2. The first-order valence-corrected chi connectivity index (χ1v) is 5.22. The maximum atomic E-state index is 7.52. The van der Waals surface area contributed by atoms with Crippen molar-refractivity contribution in [3.63, 3.8) is 0 Å². The molecule has 0 aliphatic carbocycles. The summed E-state index contributed by atoms with van der Waals surface area (Å²) < 4.78 is 41.6. The number of allylic oxidation sites excluding steroid dienone is 1. The largest absolute Gasteiger partial charge is 0.494 e. The van der Waals surface area contributed by atoms with Crippen LogP contribution in [0.15, 0.2) is 24.3 Å². The fourth-order valence-corrected chi connectivity index (χ4v) is 2.08. The molecule has 0 saturated heterocycles. The predicted octanol–water partition coefficient (Wildman–Crippen LogP) is 4.11. The van der Waals surface area contributed by atoms with Gasteiger partial charge < -0.3 is 10.1 Å². The van der Waals surface area contributed by atoms with Crippen LogP contribution in [0, 0.1) is 0 Å². The lowest BCUT2D eigenvalue weighted by Gasteiger charge is -2.31. The standard InChI is InChI=1S/C14H19NO.ClH/c1-5-16-11-6-7-13-12(8-11)10(2)9-14(3,4)15-13;/h6-9,15H,5H2,1-4H3;1H/i1D3,5D2;. The monoisotopic (exact) mass is 258 g/mol. The minimum atomic E-state index is -2.84. The smallest absolute Gasteiger partial charge is 0.120 e. The van der Waals surface area contributed by atoms with E-state index >= 15 is 0 Å². The molecule has 0 radical (unpaired) electrons. The average molecular weight is 259 g/mol. The van der Waals surface area contributed by atoms with Gasteiger partial charge in [-0.3, -0.25) is 0 Å². The van der Waals surface area contributed by atoms with Crippen LogP contribution in [0.3, 0.4) is 0 Å². The molecule has 0 aromatic heterocycles. The lowest BCUT2D eigenvalue weighted by molar-refractivity contribution is 0.340. The van der Waals surface area contributed by atoms with Gasteiger partial charge in [0.1, 0.15) is 5.75 Å². The first kappa shape index (κ1) is 8.04. The molecule has 0 amide bonds. The molecule has 0 fully saturated rings. The Balaban J connectivity index is 0.00000242. The molecule has 17 heavy (non-hydrogen) atoms. The molecule has 0 saturated carbocycles. The molecule has 1 N–H and O–H groups in total. The second-order valence-electron chi connectivity index (χ2n) is 4.59. The van der Waals surface area contributed by atoms with E-state index < -0.39 is 13.4 Å². The number of rotatable bonds is 2. The predicted molar refractivity (Wildman–Crippen MR) is 76.2 cm³/mol. The third-order valence-corrected chi connectivity index (χ3v) is 2.62. The molecule has 0 atom stereocenters. The van der Waals surface area contributed by atoms with Gasteiger partial charge in [0.2, 0.25) is 0 Å². The number of hydrogen-bond donors (Lipinski definition) is 1. The van der Waals surface area contributed by atoms with Gasteiger partial charge in [-0.15, -0.1) is 12.4 Å². The van der Waals surface area contributed by atoms with E-state index in [0.717, 1.165) is 16.8 Å². The van der Waals surface area contributed by atoms with Crippen molar-refractivity contribution in [1.29, 1.82) is 0 Å². The van der Waals surface area contributed by atoms with Crippen LogP contribution in [0.5, 0.6) is 5.75 Å². The molecule has 1 aromatic carbocycles. The molecule has 2 rings (SSSR count). The molecule has 1 aromatic rings. The zero-order chi connectivity index (χ0) is 16.1. The molecule has 0 bridgehead atoms. The first-order valence-electron chi connectivity index (χ1n) is 7.72. The van der Waals surface area contributed by atoms with Gasteiger partial charge in [-0.1, -0.05) is 6.08 Å². The lowest BCUT2D eigenvalue weighted by Crippen LogP contribution is -2.31. The van der Waals surface area contributed by atoms with E-state index in [1.165, 1.54) is 0 Å². The van der Waals surface area contributed by atoms with E-state index in [2.05, 4.69) is 25.2 Å². The van der Waals surface area contributed by atoms with Crippen molar-refractivity contribution in [2.45, 2.75) is 33.2 Å². The van der Waals surface area contributed by atoms with Crippen LogP contribution in [0.2, 0.25) is 0 Å². The second-order valence-corrected chi connectivity index (χ2v) is 4.59. The van der Waals surface area contributed by atoms with Crippen LogP contribution in [-0.2, 0) is 0 Å². The summed E-state index contributed by atoms with van der Waals surface area (Å²) in [6.45, 7) is 0.506. The van der Waals surface area contributed by atoms with Gasteiger partial charge in [0.05, 0.1) is 14.8 Å². The summed E-state index contributed by atoms with van der Waals surface area (Å²) in [5.41, 5.74) is 2.68. The van der Waals surface area contributed by atoms with Gasteiger partial charge in [-0.2, -0.15) is 0 Å². The van der Waals surface area contributed by atoms with E-state index in [1.54, 1.807) is 18.2 Å². The summed E-state index contributed by atoms with van der Waals surface area (Å²) in [6.07, 6.45) is 2.07. The molecule has 94 valence electrons. The van der Waals surface area contributed by atoms with Crippen molar-refractivity contribution >= 4 is 23.7 Å². The molecule has 2 nitrogen and oxygen atoms in total. The molecular weight excluding hydrogens is 234 g/mol. The number of ether oxygens (including phenoxy) is 1. The summed E-state index contributed by atoms with van der Waals surface area (Å²) in [5.74, 6) is 0.198. The topological polar surface area (TPSA) is 21.3 Å². The van der Waals surface area contributed by atoms with Gasteiger partial charge in [-0.05, 0) is 51.4 Å². The van der Waals surface area contributed by atoms with Crippen molar-refractivity contribution in [3.05, 3.63) is 29.8 Å². The van der Waals surface area contributed by atoms with E-state index in [-0.39, 0.29) is 23.7 Å². The average Bonchev–Trinajstić information content (AvgIpc) is 2.26. The van der Waals surface area contributed by atoms with Crippen molar-refractivity contribution in [2.75, 3.05) is 11.9 Å². The molecule has 0 spiro atoms. The number of anilines is 1. The maximum Gasteiger partial charge on any atom is 0.120 e. The van der Waals surface area contributed by atoms with Gasteiger partial charge in [0, 0.05) is 15.4 Å². The zero-order valence-electron chi connectivity index (χ0n) is 15.1. The molecule has 1 aliphatic heterocycles. The van der Waals surface area contributed by atoms with Crippen molar-refractivity contribution in [1.82, 2.24) is 0 Å². The Hall–Kier alpha value is -1.15. The quantitative estimate of drug-likeness (QED) is 0.862. The van der Waals surface area contributed by atoms with E-state index in [9.17, 15) is 0 Å². The third-order valence-electron chi connectivity index (χ3n) is 2.62. The number of nitrogens with one attached hydrogen (secondary N) is 1. The SMILES string of the molecule is Cl.[2H]C([2H])([2H])C([2H])([2H])Oc1ccc2c(c1)C(C)=CC(C)(C)N2. The summed E-state index contributed by atoms with van der Waals surface area (Å²) in [5, 5.41) is 3.35. The van der Waals surface area contributed by atoms with Gasteiger partial charge in [-0.25, -0.2) is 0 Å². The van der Waals surface area contributed by atoms with E-state index in [1.807, 2.05) is 6.92 Å². The highest BCUT2D eigenvalue weighted by Gasteiger charge is 2.22. The first-order chi connectivity index (χ1) is 9.41. The highest BCUT2D eigenvalue weighted by molar-refractivity contribution is 5.85. The minimum Gasteiger partial charge on any atom is -0.494 e. The number of halogens is 1. The highest BCUT2D eigenvalue weighted by Crippen LogP contribution is 2.35. The lowest BCUT2D eigenvalue weighted by atomic mass is 9.91. The van der Waals surface area contributed by atoms with Gasteiger partial charge in [0.15, 0.2) is 0 Å². The fourth-order valence-electron chi connectivity index (χ4n) is 2.08. The molecule has 3 heteroatoms. The van der Waals surface area contributed by atoms with Crippen LogP contribution in [0.4, 0.5) is 5.69 Å². The molecule has 1 aliphatic rings. The summed E-state index contributed by atoms with van der Waals surface area (Å²) >= 11 is 0. The second kappa shape index (κ2) is 5.01. The number of benzene rings is 1. The fraction of sp³-hybridized carbons (Fsp3) is 0.429. The van der Waals surface area contributed by atoms with E-state index in [4.69, 9.17) is 11.6 Å². The minimum absolute atomic E-state index is 0. The van der Waals surface area contributed by atoms with Gasteiger partial charge >= 0.3 is 0 Å². The van der Waals surface area contributed by atoms with Crippen LogP contribution >= 0.6 is 12.4 Å².